The van der Waals surface area contributed by atoms with Crippen LogP contribution in [0.3, 0.4) is 0 Å². The molecule has 174 valence electrons. The zero-order valence-electron chi connectivity index (χ0n) is 18.3. The lowest BCUT2D eigenvalue weighted by molar-refractivity contribution is -2.00. The Hall–Kier alpha value is -2.66. The van der Waals surface area contributed by atoms with Gasteiger partial charge in [-0.3, -0.25) is 0 Å². The van der Waals surface area contributed by atoms with Crippen molar-refractivity contribution in [2.24, 2.45) is 0 Å². The van der Waals surface area contributed by atoms with Crippen LogP contribution in [0, 0.1) is 17.2 Å². The van der Waals surface area contributed by atoms with E-state index < -0.39 is 10.2 Å². The molecule has 2 aromatic carbocycles. The predicted molar refractivity (Wildman–Crippen MR) is 105 cm³/mol. The van der Waals surface area contributed by atoms with Crippen molar-refractivity contribution in [1.29, 1.82) is 0 Å². The minimum absolute atomic E-state index is 0.670. The molecule has 0 bridgehead atoms. The van der Waals surface area contributed by atoms with Crippen molar-refractivity contribution in [3.05, 3.63) is 53.4 Å². The van der Waals surface area contributed by atoms with Crippen LogP contribution < -0.4 is 38.5 Å². The van der Waals surface area contributed by atoms with Gasteiger partial charge in [-0.05, 0) is 37.3 Å². The van der Waals surface area contributed by atoms with Gasteiger partial charge in [0.1, 0.15) is 17.9 Å². The smallest absolute Gasteiger partial charge is 0.213 e. The first-order valence-corrected chi connectivity index (χ1v) is 10.8. The topological polar surface area (TPSA) is 147 Å². The molecular formula is C22H26ClNO8. The summed E-state index contributed by atoms with van der Waals surface area (Å²) >= 11 is 0. The fourth-order valence-corrected chi connectivity index (χ4v) is 3.02. The fraction of sp³-hybridized carbons (Fsp3) is 0.318. The Morgan fingerprint density at radius 1 is 0.906 bits per heavy atom. The normalized spacial score (nSPS) is 11.8. The summed E-state index contributed by atoms with van der Waals surface area (Å²) in [4.78, 5) is 3.52. The number of fused-ring (bicyclic) bond motifs is 1. The lowest BCUT2D eigenvalue weighted by Gasteiger charge is -2.17. The van der Waals surface area contributed by atoms with Crippen molar-refractivity contribution in [3.63, 3.8) is 0 Å². The number of benzene rings is 2. The molecule has 0 unspecified atom stereocenters. The minimum Gasteiger partial charge on any atom is -0.493 e. The zero-order valence-corrected chi connectivity index (χ0v) is 19.1. The number of hydrogen-bond donors (Lipinski definition) is 1. The highest BCUT2D eigenvalue weighted by Crippen LogP contribution is 2.32. The van der Waals surface area contributed by atoms with E-state index in [1.54, 1.807) is 21.3 Å². The first kappa shape index (κ1) is 25.6. The lowest BCUT2D eigenvalue weighted by Crippen LogP contribution is -2.76. The van der Waals surface area contributed by atoms with Gasteiger partial charge in [0.25, 0.3) is 0 Å². The molecule has 32 heavy (non-hydrogen) atoms. The summed E-state index contributed by atoms with van der Waals surface area (Å²) in [6.07, 6.45) is 0.932. The van der Waals surface area contributed by atoms with Crippen molar-refractivity contribution in [2.45, 2.75) is 13.3 Å². The van der Waals surface area contributed by atoms with Gasteiger partial charge in [-0.15, -0.1) is 10.2 Å². The van der Waals surface area contributed by atoms with Crippen molar-refractivity contribution >= 4 is 11.0 Å². The van der Waals surface area contributed by atoms with Crippen molar-refractivity contribution in [1.82, 2.24) is 0 Å². The van der Waals surface area contributed by atoms with E-state index in [-0.39, 0.29) is 0 Å². The van der Waals surface area contributed by atoms with Crippen LogP contribution in [0.4, 0.5) is 0 Å². The minimum atomic E-state index is -4.94. The van der Waals surface area contributed by atoms with Crippen LogP contribution in [0.25, 0.3) is 22.3 Å². The molecular weight excluding hydrogens is 442 g/mol. The van der Waals surface area contributed by atoms with Crippen LogP contribution >= 0.6 is 0 Å². The third-order valence-corrected chi connectivity index (χ3v) is 4.43. The van der Waals surface area contributed by atoms with Gasteiger partial charge >= 0.3 is 0 Å². The Labute approximate surface area is 187 Å². The van der Waals surface area contributed by atoms with Gasteiger partial charge in [0.2, 0.25) is 5.36 Å². The molecule has 0 radical (unpaired) electrons. The van der Waals surface area contributed by atoms with Gasteiger partial charge in [0.05, 0.1) is 32.3 Å². The number of methoxy groups -OCH3 is 3. The number of aryl methyl sites for hydroxylation is 1. The first-order valence-electron chi connectivity index (χ1n) is 9.60. The molecule has 0 saturated heterocycles. The number of ether oxygens (including phenoxy) is 3. The average molecular weight is 468 g/mol. The van der Waals surface area contributed by atoms with E-state index in [0.717, 1.165) is 47.2 Å². The maximum absolute atomic E-state index is 8.49. The largest absolute Gasteiger partial charge is 0.493 e. The second kappa shape index (κ2) is 11.8. The molecule has 0 spiro atoms. The van der Waals surface area contributed by atoms with Crippen LogP contribution in [0.2, 0.25) is 0 Å². The predicted octanol–water partition coefficient (Wildman–Crippen LogP) is -2.31. The maximum atomic E-state index is 8.49. The van der Waals surface area contributed by atoms with Crippen LogP contribution in [0.5, 0.6) is 11.5 Å². The maximum Gasteiger partial charge on any atom is 0.213 e. The SMILES string of the molecule is COCCC[NH+]=c1cc(-c2ccc(OC)c(OC)c2)oc2ccc(C)cc12.[O-][Cl+3]([O-])([O-])[O-]. The standard InChI is InChI=1S/C22H25NO4.ClHO4/c1-15-6-8-19-17(12-15)18(23-10-5-11-24-2)14-21(27-19)16-7-9-20(25-3)22(13-16)26-4;2-1(3,4)5/h6-9,12-14H,5,10-11H2,1-4H3;(H,2,3,4,5). The summed E-state index contributed by atoms with van der Waals surface area (Å²) in [5.74, 6) is 2.13. The Bertz CT molecular complexity index is 1090. The fourth-order valence-electron chi connectivity index (χ4n) is 3.02. The number of halogens is 1. The molecule has 0 aliphatic rings. The molecule has 9 nitrogen and oxygen atoms in total. The Balaban J connectivity index is 0.000000654. The van der Waals surface area contributed by atoms with E-state index in [9.17, 15) is 0 Å². The van der Waals surface area contributed by atoms with Gasteiger partial charge in [0, 0.05) is 19.1 Å². The highest BCUT2D eigenvalue weighted by atomic mass is 35.7. The Morgan fingerprint density at radius 2 is 1.59 bits per heavy atom. The molecule has 3 aromatic rings. The van der Waals surface area contributed by atoms with E-state index in [0.29, 0.717) is 11.5 Å². The summed E-state index contributed by atoms with van der Waals surface area (Å²) in [5.41, 5.74) is 2.95. The second-order valence-electron chi connectivity index (χ2n) is 6.74. The third-order valence-electron chi connectivity index (χ3n) is 4.43. The molecule has 10 heteroatoms. The Morgan fingerprint density at radius 3 is 2.22 bits per heavy atom. The molecule has 0 aliphatic heterocycles. The second-order valence-corrected chi connectivity index (χ2v) is 7.50. The molecule has 3 rings (SSSR count). The monoisotopic (exact) mass is 467 g/mol. The number of nitrogens with one attached hydrogen (secondary N) is 1. The number of hydrogen-bond acceptors (Lipinski definition) is 8. The first-order chi connectivity index (χ1) is 15.2. The molecule has 0 atom stereocenters. The highest BCUT2D eigenvalue weighted by Gasteiger charge is 2.12. The van der Waals surface area contributed by atoms with Gasteiger partial charge in [-0.1, -0.05) is 11.6 Å². The van der Waals surface area contributed by atoms with Crippen molar-refractivity contribution < 1.29 is 52.5 Å². The van der Waals surface area contributed by atoms with E-state index >= 15 is 0 Å². The molecule has 1 N–H and O–H groups in total. The van der Waals surface area contributed by atoms with E-state index in [1.807, 2.05) is 30.3 Å². The molecule has 1 heterocycles. The molecule has 0 saturated carbocycles. The molecule has 0 fully saturated rings. The van der Waals surface area contributed by atoms with Crippen LogP contribution in [-0.4, -0.2) is 34.5 Å². The molecule has 0 aliphatic carbocycles. The Kier molecular flexibility index (Phi) is 9.45. The molecule has 1 aromatic heterocycles. The van der Waals surface area contributed by atoms with E-state index in [1.165, 1.54) is 5.56 Å². The zero-order chi connectivity index (χ0) is 23.7. The van der Waals surface area contributed by atoms with E-state index in [4.69, 9.17) is 37.3 Å². The number of rotatable bonds is 7. The van der Waals surface area contributed by atoms with Gasteiger partial charge in [0.15, 0.2) is 11.5 Å². The average Bonchev–Trinajstić information content (AvgIpc) is 2.75. The summed E-state index contributed by atoms with van der Waals surface area (Å²) in [6, 6.07) is 14.0. The van der Waals surface area contributed by atoms with Crippen molar-refractivity contribution in [2.75, 3.05) is 34.5 Å². The third kappa shape index (κ3) is 7.79. The summed E-state index contributed by atoms with van der Waals surface area (Å²) in [6.45, 7) is 3.63. The van der Waals surface area contributed by atoms with Crippen LogP contribution in [0.15, 0.2) is 46.9 Å². The van der Waals surface area contributed by atoms with Gasteiger partial charge < -0.3 is 18.6 Å². The summed E-state index contributed by atoms with van der Waals surface area (Å²) in [5, 5.41) is 2.11. The van der Waals surface area contributed by atoms with Crippen molar-refractivity contribution in [3.8, 4) is 22.8 Å². The van der Waals surface area contributed by atoms with Gasteiger partial charge in [-0.2, -0.15) is 0 Å². The quantitative estimate of drug-likeness (QED) is 0.381. The summed E-state index contributed by atoms with van der Waals surface area (Å²) in [7, 11) is 0.0301. The van der Waals surface area contributed by atoms with Crippen LogP contribution in [0.1, 0.15) is 12.0 Å². The van der Waals surface area contributed by atoms with Gasteiger partial charge in [-0.25, -0.2) is 23.6 Å². The summed E-state index contributed by atoms with van der Waals surface area (Å²) < 4.78 is 56.1. The highest BCUT2D eigenvalue weighted by molar-refractivity contribution is 5.79. The lowest BCUT2D eigenvalue weighted by atomic mass is 10.1. The molecule has 0 amide bonds. The van der Waals surface area contributed by atoms with E-state index in [2.05, 4.69) is 24.0 Å². The van der Waals surface area contributed by atoms with Crippen LogP contribution in [-0.2, 0) is 4.74 Å².